The fourth-order valence-corrected chi connectivity index (χ4v) is 7.72. The summed E-state index contributed by atoms with van der Waals surface area (Å²) in [5.74, 6) is 0.390. The molecule has 0 atom stereocenters. The van der Waals surface area contributed by atoms with Gasteiger partial charge in [0.15, 0.2) is 0 Å². The molecular weight excluding hydrogens is 655 g/mol. The number of hydrogen-bond donors (Lipinski definition) is 2. The highest BCUT2D eigenvalue weighted by atomic mass is 31.2. The highest BCUT2D eigenvalue weighted by Crippen LogP contribution is 2.37. The maximum Gasteiger partial charge on any atom is 0.327 e. The van der Waals surface area contributed by atoms with E-state index in [-0.39, 0.29) is 10.8 Å². The minimum atomic E-state index is -2.19. The third-order valence-corrected chi connectivity index (χ3v) is 11.5. The molecule has 2 N–H and O–H groups in total. The Balaban J connectivity index is 1.26. The summed E-state index contributed by atoms with van der Waals surface area (Å²) in [6.07, 6.45) is 21.7. The molecule has 4 aromatic carbocycles. The molecule has 0 aliphatic heterocycles. The van der Waals surface area contributed by atoms with Gasteiger partial charge in [0.1, 0.15) is 0 Å². The van der Waals surface area contributed by atoms with Crippen LogP contribution in [0.5, 0.6) is 0 Å². The molecule has 4 heteroatoms. The van der Waals surface area contributed by atoms with Gasteiger partial charge in [-0.2, -0.15) is 0 Å². The van der Waals surface area contributed by atoms with Gasteiger partial charge in [0, 0.05) is 16.7 Å². The van der Waals surface area contributed by atoms with E-state index in [9.17, 15) is 0 Å². The van der Waals surface area contributed by atoms with Crippen molar-refractivity contribution in [1.82, 2.24) is 0 Å². The van der Waals surface area contributed by atoms with E-state index in [1.165, 1.54) is 110 Å². The zero-order valence-electron chi connectivity index (χ0n) is 32.5. The van der Waals surface area contributed by atoms with Gasteiger partial charge >= 0.3 is 8.60 Å². The molecule has 0 fully saturated rings. The molecule has 0 saturated carbocycles. The number of hydrogen-bond acceptors (Lipinski definition) is 3. The summed E-state index contributed by atoms with van der Waals surface area (Å²) in [4.78, 5) is 17.5. The molecule has 0 heterocycles. The highest BCUT2D eigenvalue weighted by molar-refractivity contribution is 7.39. The SMILES string of the molecule is CC(C)(c1ccccc1)c1ccc(C(CCCCCCC/C=C/CCCCCCCCOP(O)O)c2ccc(C(C)(C)c3ccccc3)cc2)cc1. The van der Waals surface area contributed by atoms with Gasteiger partial charge in [0.05, 0.1) is 6.61 Å². The van der Waals surface area contributed by atoms with Crippen molar-refractivity contribution in [1.29, 1.82) is 0 Å². The van der Waals surface area contributed by atoms with E-state index in [1.807, 2.05) is 0 Å². The van der Waals surface area contributed by atoms with E-state index in [4.69, 9.17) is 14.3 Å². The molecule has 3 nitrogen and oxygen atoms in total. The molecule has 0 aliphatic rings. The Hall–Kier alpha value is -3.07. The van der Waals surface area contributed by atoms with Crippen molar-refractivity contribution in [2.24, 2.45) is 0 Å². The van der Waals surface area contributed by atoms with Crippen molar-refractivity contribution in [3.05, 3.63) is 155 Å². The molecule has 0 bridgehead atoms. The fourth-order valence-electron chi connectivity index (χ4n) is 7.43. The van der Waals surface area contributed by atoms with Crippen LogP contribution in [-0.4, -0.2) is 16.4 Å². The first kappa shape index (κ1) is 41.7. The van der Waals surface area contributed by atoms with Gasteiger partial charge in [0.2, 0.25) is 0 Å². The smallest absolute Gasteiger partial charge is 0.327 e. The van der Waals surface area contributed by atoms with Crippen molar-refractivity contribution in [2.45, 2.75) is 134 Å². The lowest BCUT2D eigenvalue weighted by Gasteiger charge is -2.28. The number of rotatable bonds is 24. The Bertz CT molecular complexity index is 1450. The Labute approximate surface area is 317 Å². The standard InChI is InChI=1S/C48H65O3P/c1-47(2,42-26-20-18-21-27-42)44-35-31-40(32-36-44)46(41-33-37-45(38-34-41)48(3,4)43-28-22-19-23-29-43)30-24-16-14-12-10-8-6-5-7-9-11-13-15-17-25-39-51-52(49)50/h5-6,18-23,26-29,31-38,46,49-50H,7-17,24-25,30,39H2,1-4H3/b6-5+. The molecule has 4 rings (SSSR count). The summed E-state index contributed by atoms with van der Waals surface area (Å²) < 4.78 is 4.82. The number of unbranched alkanes of at least 4 members (excludes halogenated alkanes) is 11. The maximum atomic E-state index is 8.76. The summed E-state index contributed by atoms with van der Waals surface area (Å²) in [6.45, 7) is 9.77. The molecular formula is C48H65O3P. The van der Waals surface area contributed by atoms with Crippen LogP contribution in [0.25, 0.3) is 0 Å². The molecule has 0 saturated heterocycles. The second-order valence-electron chi connectivity index (χ2n) is 15.6. The number of benzene rings is 4. The van der Waals surface area contributed by atoms with Crippen molar-refractivity contribution in [3.63, 3.8) is 0 Å². The summed E-state index contributed by atoms with van der Waals surface area (Å²) in [7, 11) is -2.19. The summed E-state index contributed by atoms with van der Waals surface area (Å²) in [6, 6.07) is 40.7. The van der Waals surface area contributed by atoms with E-state index >= 15 is 0 Å². The third kappa shape index (κ3) is 13.4. The quantitative estimate of drug-likeness (QED) is 0.0430. The summed E-state index contributed by atoms with van der Waals surface area (Å²) in [5.41, 5.74) is 8.16. The van der Waals surface area contributed by atoms with Gasteiger partial charge in [0.25, 0.3) is 0 Å². The van der Waals surface area contributed by atoms with Crippen LogP contribution in [0.2, 0.25) is 0 Å². The second-order valence-corrected chi connectivity index (χ2v) is 16.4. The molecule has 280 valence electrons. The Morgan fingerprint density at radius 3 is 1.27 bits per heavy atom. The van der Waals surface area contributed by atoms with Crippen LogP contribution in [0.15, 0.2) is 121 Å². The normalized spacial score (nSPS) is 12.4. The van der Waals surface area contributed by atoms with E-state index in [2.05, 4.69) is 149 Å². The second kappa shape index (κ2) is 22.2. The monoisotopic (exact) mass is 720 g/mol. The average Bonchev–Trinajstić information content (AvgIpc) is 3.16. The molecule has 52 heavy (non-hydrogen) atoms. The zero-order chi connectivity index (χ0) is 37.1. The van der Waals surface area contributed by atoms with Crippen LogP contribution >= 0.6 is 8.60 Å². The van der Waals surface area contributed by atoms with Crippen LogP contribution < -0.4 is 0 Å². The molecule has 0 unspecified atom stereocenters. The first-order valence-electron chi connectivity index (χ1n) is 20.0. The van der Waals surface area contributed by atoms with Gasteiger partial charge < -0.3 is 14.3 Å². The first-order valence-corrected chi connectivity index (χ1v) is 21.1. The van der Waals surface area contributed by atoms with Crippen molar-refractivity contribution < 1.29 is 14.3 Å². The Kier molecular flexibility index (Phi) is 17.8. The van der Waals surface area contributed by atoms with E-state index < -0.39 is 8.60 Å². The predicted molar refractivity (Wildman–Crippen MR) is 223 cm³/mol. The number of allylic oxidation sites excluding steroid dienone is 2. The van der Waals surface area contributed by atoms with Crippen molar-refractivity contribution in [3.8, 4) is 0 Å². The van der Waals surface area contributed by atoms with E-state index in [0.717, 1.165) is 12.8 Å². The van der Waals surface area contributed by atoms with Gasteiger partial charge in [-0.3, -0.25) is 0 Å². The van der Waals surface area contributed by atoms with Gasteiger partial charge in [-0.25, -0.2) is 0 Å². The minimum absolute atomic E-state index is 0.0411. The van der Waals surface area contributed by atoms with Crippen molar-refractivity contribution >= 4 is 8.60 Å². The van der Waals surface area contributed by atoms with Gasteiger partial charge in [-0.1, -0.05) is 200 Å². The van der Waals surface area contributed by atoms with Gasteiger partial charge in [-0.15, -0.1) is 0 Å². The van der Waals surface area contributed by atoms with Gasteiger partial charge in [-0.05, 0) is 71.9 Å². The van der Waals surface area contributed by atoms with Crippen LogP contribution in [0.3, 0.4) is 0 Å². The Morgan fingerprint density at radius 1 is 0.481 bits per heavy atom. The zero-order valence-corrected chi connectivity index (χ0v) is 33.4. The average molecular weight is 721 g/mol. The summed E-state index contributed by atoms with van der Waals surface area (Å²) in [5, 5.41) is 0. The molecule has 0 radical (unpaired) electrons. The molecule has 0 aromatic heterocycles. The van der Waals surface area contributed by atoms with Crippen molar-refractivity contribution in [2.75, 3.05) is 6.61 Å². The molecule has 4 aromatic rings. The van der Waals surface area contributed by atoms with Crippen LogP contribution in [0.1, 0.15) is 157 Å². The summed E-state index contributed by atoms with van der Waals surface area (Å²) >= 11 is 0. The predicted octanol–water partition coefficient (Wildman–Crippen LogP) is 13.7. The van der Waals surface area contributed by atoms with E-state index in [0.29, 0.717) is 12.5 Å². The highest BCUT2D eigenvalue weighted by Gasteiger charge is 2.25. The Morgan fingerprint density at radius 2 is 0.846 bits per heavy atom. The molecule has 0 spiro atoms. The largest absolute Gasteiger partial charge is 0.328 e. The lowest BCUT2D eigenvalue weighted by atomic mass is 9.76. The lowest BCUT2D eigenvalue weighted by molar-refractivity contribution is 0.248. The minimum Gasteiger partial charge on any atom is -0.328 e. The third-order valence-electron chi connectivity index (χ3n) is 11.1. The van der Waals surface area contributed by atoms with Crippen LogP contribution in [0.4, 0.5) is 0 Å². The molecule has 0 amide bonds. The van der Waals surface area contributed by atoms with Crippen LogP contribution in [-0.2, 0) is 15.4 Å². The lowest BCUT2D eigenvalue weighted by Crippen LogP contribution is -2.19. The topological polar surface area (TPSA) is 49.7 Å². The van der Waals surface area contributed by atoms with Crippen LogP contribution in [0, 0.1) is 0 Å². The van der Waals surface area contributed by atoms with E-state index in [1.54, 1.807) is 0 Å². The molecule has 0 aliphatic carbocycles. The maximum absolute atomic E-state index is 8.76. The fraction of sp³-hybridized carbons (Fsp3) is 0.458. The first-order chi connectivity index (χ1) is 25.2.